The van der Waals surface area contributed by atoms with Gasteiger partial charge >= 0.3 is 0 Å². The second kappa shape index (κ2) is 5.83. The Balaban J connectivity index is 0.000000980. The van der Waals surface area contributed by atoms with E-state index in [4.69, 9.17) is 0 Å². The lowest BCUT2D eigenvalue weighted by molar-refractivity contribution is -0.667. The third-order valence-electron chi connectivity index (χ3n) is 2.01. The Morgan fingerprint density at radius 2 is 2.07 bits per heavy atom. The highest BCUT2D eigenvalue weighted by Gasteiger charge is 2.08. The second-order valence-electron chi connectivity index (χ2n) is 2.93. The number of nitrogens with zero attached hydrogens (tertiary/aromatic N) is 1. The van der Waals surface area contributed by atoms with Gasteiger partial charge in [0.1, 0.15) is 4.70 Å². The molecule has 1 aromatic carbocycles. The van der Waals surface area contributed by atoms with Crippen LogP contribution in [0.4, 0.5) is 0 Å². The van der Waals surface area contributed by atoms with Crippen molar-refractivity contribution in [3.05, 3.63) is 29.8 Å². The largest absolute Gasteiger partial charge is 1.00 e. The second-order valence-corrected chi connectivity index (χ2v) is 4.61. The smallest absolute Gasteiger partial charge is 0.225 e. The minimum atomic E-state index is 0. The number of aromatic nitrogens is 1. The molecule has 0 amide bonds. The van der Waals surface area contributed by atoms with Gasteiger partial charge in [-0.1, -0.05) is 39.4 Å². The molecule has 0 radical (unpaired) electrons. The van der Waals surface area contributed by atoms with Crippen LogP contribution in [0.2, 0.25) is 0 Å². The Bertz CT molecular complexity index is 400. The molecule has 0 bridgehead atoms. The molecule has 0 saturated carbocycles. The summed E-state index contributed by atoms with van der Waals surface area (Å²) in [4.78, 5) is 0. The Kier molecular flexibility index (Phi) is 5.06. The monoisotopic (exact) mass is 335 g/mol. The zero-order valence-electron chi connectivity index (χ0n) is 7.62. The number of benzene rings is 1. The summed E-state index contributed by atoms with van der Waals surface area (Å²) in [6.07, 6.45) is 1.19. The fourth-order valence-corrected chi connectivity index (χ4v) is 2.55. The molecule has 4 heteroatoms. The van der Waals surface area contributed by atoms with Crippen molar-refractivity contribution in [2.24, 2.45) is 0 Å². The average Bonchev–Trinajstić information content (AvgIpc) is 2.58. The number of hydrogen-bond donors (Lipinski definition) is 0. The number of thiazole rings is 1. The quantitative estimate of drug-likeness (QED) is 0.548. The molecule has 2 rings (SSSR count). The zero-order valence-corrected chi connectivity index (χ0v) is 11.6. The maximum Gasteiger partial charge on any atom is 0.225 e. The van der Waals surface area contributed by atoms with Gasteiger partial charge in [0.2, 0.25) is 11.0 Å². The van der Waals surface area contributed by atoms with Crippen molar-refractivity contribution < 1.29 is 21.5 Å². The first-order valence-corrected chi connectivity index (χ1v) is 6.33. The van der Waals surface area contributed by atoms with Crippen LogP contribution < -0.4 is 21.5 Å². The van der Waals surface area contributed by atoms with Gasteiger partial charge in [-0.3, -0.25) is 0 Å². The highest BCUT2D eigenvalue weighted by Crippen LogP contribution is 2.14. The number of halogens is 2. The standard InChI is InChI=1S/C10H11BrNS.BrH/c11-6-3-7-12-8-13-10-5-2-1-4-9(10)12;/h1-2,4-5,8H,3,6-7H2;1H/q+1;/p-1. The van der Waals surface area contributed by atoms with E-state index in [9.17, 15) is 0 Å². The van der Waals surface area contributed by atoms with Crippen molar-refractivity contribution in [3.63, 3.8) is 0 Å². The minimum absolute atomic E-state index is 0. The predicted molar refractivity (Wildman–Crippen MR) is 60.4 cm³/mol. The van der Waals surface area contributed by atoms with Crippen LogP contribution in [0.1, 0.15) is 6.42 Å². The predicted octanol–water partition coefficient (Wildman–Crippen LogP) is -0.0222. The van der Waals surface area contributed by atoms with Crippen molar-refractivity contribution in [1.82, 2.24) is 0 Å². The molecule has 0 aliphatic carbocycles. The molecule has 0 aliphatic rings. The number of fused-ring (bicyclic) bond motifs is 1. The van der Waals surface area contributed by atoms with Crippen LogP contribution in [0, 0.1) is 0 Å². The van der Waals surface area contributed by atoms with Crippen LogP contribution in [0.3, 0.4) is 0 Å². The van der Waals surface area contributed by atoms with Crippen molar-refractivity contribution in [2.75, 3.05) is 5.33 Å². The maximum atomic E-state index is 3.45. The number of aryl methyl sites for hydroxylation is 1. The van der Waals surface area contributed by atoms with E-state index in [0.29, 0.717) is 0 Å². The average molecular weight is 337 g/mol. The van der Waals surface area contributed by atoms with Crippen LogP contribution in [0.5, 0.6) is 0 Å². The first kappa shape index (κ1) is 12.1. The van der Waals surface area contributed by atoms with Gasteiger partial charge in [0, 0.05) is 17.8 Å². The lowest BCUT2D eigenvalue weighted by Gasteiger charge is -1.90. The van der Waals surface area contributed by atoms with Crippen LogP contribution >= 0.6 is 27.3 Å². The van der Waals surface area contributed by atoms with E-state index < -0.39 is 0 Å². The Labute approximate surface area is 107 Å². The number of hydrogen-bond acceptors (Lipinski definition) is 1. The van der Waals surface area contributed by atoms with Crippen LogP contribution in [-0.4, -0.2) is 5.33 Å². The molecular weight excluding hydrogens is 326 g/mol. The van der Waals surface area contributed by atoms with Gasteiger partial charge in [0.05, 0.1) is 0 Å². The maximum absolute atomic E-state index is 3.45. The first-order valence-electron chi connectivity index (χ1n) is 4.33. The van der Waals surface area contributed by atoms with E-state index in [1.54, 1.807) is 0 Å². The molecule has 0 fully saturated rings. The molecular formula is C10H11Br2NS. The van der Waals surface area contributed by atoms with E-state index in [0.717, 1.165) is 11.9 Å². The lowest BCUT2D eigenvalue weighted by Crippen LogP contribution is -3.00. The lowest BCUT2D eigenvalue weighted by atomic mass is 10.3. The zero-order chi connectivity index (χ0) is 9.10. The highest BCUT2D eigenvalue weighted by molar-refractivity contribution is 9.09. The first-order chi connectivity index (χ1) is 6.42. The van der Waals surface area contributed by atoms with E-state index in [1.807, 2.05) is 11.3 Å². The summed E-state index contributed by atoms with van der Waals surface area (Å²) in [5, 5.41) is 1.07. The van der Waals surface area contributed by atoms with Gasteiger partial charge in [-0.15, -0.1) is 0 Å². The Morgan fingerprint density at radius 3 is 2.86 bits per heavy atom. The fourth-order valence-electron chi connectivity index (χ4n) is 1.37. The van der Waals surface area contributed by atoms with Crippen molar-refractivity contribution >= 4 is 37.5 Å². The molecule has 1 aromatic heterocycles. The SMILES string of the molecule is BrCCC[n+]1csc2ccccc21.[Br-]. The van der Waals surface area contributed by atoms with E-state index >= 15 is 0 Å². The van der Waals surface area contributed by atoms with E-state index in [1.165, 1.54) is 16.6 Å². The molecule has 76 valence electrons. The molecule has 0 unspecified atom stereocenters. The summed E-state index contributed by atoms with van der Waals surface area (Å²) in [6.45, 7) is 1.11. The molecule has 1 nitrogen and oxygen atoms in total. The van der Waals surface area contributed by atoms with Gasteiger partial charge in [-0.05, 0) is 6.07 Å². The van der Waals surface area contributed by atoms with Gasteiger partial charge in [-0.25, -0.2) is 0 Å². The number of para-hydroxylation sites is 1. The molecule has 14 heavy (non-hydrogen) atoms. The summed E-state index contributed by atoms with van der Waals surface area (Å²) in [6, 6.07) is 8.54. The number of alkyl halides is 1. The highest BCUT2D eigenvalue weighted by atomic mass is 79.9. The molecule has 0 saturated heterocycles. The van der Waals surface area contributed by atoms with Crippen LogP contribution in [-0.2, 0) is 6.54 Å². The summed E-state index contributed by atoms with van der Waals surface area (Å²) < 4.78 is 3.69. The summed E-state index contributed by atoms with van der Waals surface area (Å²) >= 11 is 5.26. The van der Waals surface area contributed by atoms with Crippen LogP contribution in [0.25, 0.3) is 10.2 Å². The van der Waals surface area contributed by atoms with Crippen molar-refractivity contribution in [2.45, 2.75) is 13.0 Å². The van der Waals surface area contributed by atoms with Gasteiger partial charge in [-0.2, -0.15) is 4.57 Å². The molecule has 1 heterocycles. The van der Waals surface area contributed by atoms with Gasteiger partial charge in [0.15, 0.2) is 6.54 Å². The summed E-state index contributed by atoms with van der Waals surface area (Å²) in [7, 11) is 0. The van der Waals surface area contributed by atoms with Gasteiger partial charge in [0.25, 0.3) is 0 Å². The summed E-state index contributed by atoms with van der Waals surface area (Å²) in [5.41, 5.74) is 3.56. The van der Waals surface area contributed by atoms with E-state index in [-0.39, 0.29) is 17.0 Å². The normalized spacial score (nSPS) is 10.1. The molecule has 2 aromatic rings. The Hall–Kier alpha value is 0.0700. The fraction of sp³-hybridized carbons (Fsp3) is 0.300. The van der Waals surface area contributed by atoms with Crippen molar-refractivity contribution in [1.29, 1.82) is 0 Å². The molecule has 0 spiro atoms. The van der Waals surface area contributed by atoms with E-state index in [2.05, 4.69) is 50.3 Å². The van der Waals surface area contributed by atoms with Crippen molar-refractivity contribution in [3.8, 4) is 0 Å². The molecule has 0 N–H and O–H groups in total. The van der Waals surface area contributed by atoms with Gasteiger partial charge < -0.3 is 17.0 Å². The minimum Gasteiger partial charge on any atom is -1.00 e. The summed E-state index contributed by atoms with van der Waals surface area (Å²) in [5.74, 6) is 0. The Morgan fingerprint density at radius 1 is 1.29 bits per heavy atom. The third-order valence-corrected chi connectivity index (χ3v) is 3.53. The molecule has 0 atom stereocenters. The topological polar surface area (TPSA) is 3.88 Å². The van der Waals surface area contributed by atoms with Crippen LogP contribution in [0.15, 0.2) is 29.8 Å². The third kappa shape index (κ3) is 2.55. The number of rotatable bonds is 3. The molecule has 0 aliphatic heterocycles.